The quantitative estimate of drug-likeness (QED) is 0.231. The number of carbonyl (C=O) groups is 2. The lowest BCUT2D eigenvalue weighted by Gasteiger charge is -2.47. The molecule has 13 N–H and O–H groups in total. The highest BCUT2D eigenvalue weighted by molar-refractivity contribution is 5.82. The molecule has 13 heteroatoms. The Kier molecular flexibility index (Phi) is 14.8. The number of aliphatic carboxylic acids is 2. The van der Waals surface area contributed by atoms with Gasteiger partial charge < -0.3 is 57.1 Å². The van der Waals surface area contributed by atoms with Gasteiger partial charge in [0.25, 0.3) is 0 Å². The Labute approximate surface area is 207 Å². The molecule has 0 saturated carbocycles. The van der Waals surface area contributed by atoms with Gasteiger partial charge >= 0.3 is 5.97 Å². The number of benzene rings is 1. The van der Waals surface area contributed by atoms with Crippen molar-refractivity contribution >= 4 is 22.8 Å². The van der Waals surface area contributed by atoms with Crippen molar-refractivity contribution in [2.45, 2.75) is 37.2 Å². The molecule has 13 nitrogen and oxygen atoms in total. The highest BCUT2D eigenvalue weighted by Gasteiger charge is 2.45. The summed E-state index contributed by atoms with van der Waals surface area (Å²) < 4.78 is 0. The average molecular weight is 517 g/mol. The number of carbonyl (C=O) groups excluding carboxylic acids is 1. The number of aromatic nitrogens is 1. The number of hydrogen-bond acceptors (Lipinski definition) is 7. The number of nitrogens with zero attached hydrogens (tertiary/aromatic N) is 1. The van der Waals surface area contributed by atoms with Gasteiger partial charge in [-0.15, -0.1) is 6.58 Å². The molecule has 1 aromatic carbocycles. The maximum atomic E-state index is 11.0. The smallest absolute Gasteiger partial charge is 0.335 e. The fourth-order valence-electron chi connectivity index (χ4n) is 4.76. The third-order valence-corrected chi connectivity index (χ3v) is 6.50. The molecule has 2 aromatic rings. The molecule has 7 atom stereocenters. The molecule has 204 valence electrons. The number of rotatable bonds is 6. The summed E-state index contributed by atoms with van der Waals surface area (Å²) in [5.41, 5.74) is 2.00. The third-order valence-electron chi connectivity index (χ3n) is 6.50. The first-order chi connectivity index (χ1) is 15.2. The number of nitrogens with one attached hydrogen (secondary N) is 1. The molecule has 3 saturated heterocycles. The predicted molar refractivity (Wildman–Crippen MR) is 127 cm³/mol. The minimum atomic E-state index is -2.38. The number of aliphatic hydroxyl groups is 3. The van der Waals surface area contributed by atoms with Gasteiger partial charge in [0.15, 0.2) is 6.10 Å². The number of piperidine rings is 3. The molecule has 5 rings (SSSR count). The summed E-state index contributed by atoms with van der Waals surface area (Å²) in [4.78, 5) is 25.4. The maximum Gasteiger partial charge on any atom is 0.335 e. The van der Waals surface area contributed by atoms with E-state index in [9.17, 15) is 19.8 Å². The lowest BCUT2D eigenvalue weighted by atomic mass is 9.73. The summed E-state index contributed by atoms with van der Waals surface area (Å²) in [7, 11) is 0. The highest BCUT2D eigenvalue weighted by atomic mass is 16.4. The second-order valence-corrected chi connectivity index (χ2v) is 8.31. The molecule has 1 unspecified atom stereocenters. The lowest BCUT2D eigenvalue weighted by molar-refractivity contribution is -0.949. The van der Waals surface area contributed by atoms with Gasteiger partial charge in [-0.25, -0.2) is 4.79 Å². The van der Waals surface area contributed by atoms with Crippen LogP contribution in [0.4, 0.5) is 0 Å². The van der Waals surface area contributed by atoms with Gasteiger partial charge in [0.05, 0.1) is 24.6 Å². The Morgan fingerprint density at radius 2 is 1.72 bits per heavy atom. The van der Waals surface area contributed by atoms with Crippen molar-refractivity contribution in [1.29, 1.82) is 0 Å². The largest absolute Gasteiger partial charge is 0.547 e. The van der Waals surface area contributed by atoms with Crippen molar-refractivity contribution < 1.29 is 61.9 Å². The number of carboxylic acid groups (broad SMARTS) is 2. The number of hydrogen-bond donors (Lipinski definition) is 5. The first kappa shape index (κ1) is 35.2. The molecule has 3 fully saturated rings. The van der Waals surface area contributed by atoms with Crippen LogP contribution in [0.3, 0.4) is 0 Å². The summed E-state index contributed by atoms with van der Waals surface area (Å²) in [6.45, 7) is 6.29. The average Bonchev–Trinajstić information content (AvgIpc) is 2.82. The zero-order chi connectivity index (χ0) is 23.4. The second kappa shape index (κ2) is 15.2. The number of pyridine rings is 1. The Hall–Kier alpha value is -3.01. The Morgan fingerprint density at radius 3 is 2.22 bits per heavy atom. The van der Waals surface area contributed by atoms with Crippen molar-refractivity contribution in [3.63, 3.8) is 0 Å². The number of para-hydroxylation sites is 1. The Balaban J connectivity index is 0. The summed E-state index contributed by atoms with van der Waals surface area (Å²) in [6, 6.07) is 10.4. The van der Waals surface area contributed by atoms with Gasteiger partial charge in [0.1, 0.15) is 18.2 Å². The molecule has 4 heterocycles. The van der Waals surface area contributed by atoms with E-state index in [4.69, 9.17) is 15.3 Å². The third kappa shape index (κ3) is 7.49. The van der Waals surface area contributed by atoms with Crippen LogP contribution >= 0.6 is 0 Å². The molecule has 36 heavy (non-hydrogen) atoms. The van der Waals surface area contributed by atoms with Crippen LogP contribution in [0.15, 0.2) is 49.2 Å². The minimum Gasteiger partial charge on any atom is -0.547 e. The molecule has 1 aromatic heterocycles. The normalized spacial score (nSPS) is 24.0. The number of aliphatic hydroxyl groups excluding tert-OH is 3. The summed E-state index contributed by atoms with van der Waals surface area (Å²) in [5.74, 6) is -2.50. The van der Waals surface area contributed by atoms with Crippen molar-refractivity contribution in [1.82, 2.24) is 4.98 Å². The van der Waals surface area contributed by atoms with Crippen LogP contribution in [0, 0.1) is 11.8 Å². The van der Waals surface area contributed by atoms with Crippen LogP contribution in [0.1, 0.15) is 24.5 Å². The molecular weight excluding hydrogens is 480 g/mol. The SMILES string of the molecule is C=C[C@H]1C[NH+]2CC[C@H]1C[C@@H]2[C@@H](O)c1ccnc2ccccc12.O.O.O.O.O=C([O-])[C@H](O)[C@@H](O)C(=O)O. The molecule has 3 aliphatic heterocycles. The van der Waals surface area contributed by atoms with E-state index in [0.29, 0.717) is 17.9 Å². The van der Waals surface area contributed by atoms with Gasteiger partial charge in [0.2, 0.25) is 0 Å². The molecule has 2 bridgehead atoms. The standard InChI is InChI=1S/C19H22N2O.C4H6O6.4H2O/c1-2-13-12-21-10-8-14(13)11-18(21)19(22)16-7-9-20-17-6-4-3-5-15(16)17;5-1(3(7)8)2(6)4(9)10;;;;/h2-7,9,13-14,18-19,22H,1,8,10-12H2;1-2,5-6H,(H,7,8)(H,9,10);4*1H2/t13-,14-,18+,19-;1-,2-;;;;/m01..../s1. The van der Waals surface area contributed by atoms with Crippen LogP contribution in [0.5, 0.6) is 0 Å². The Morgan fingerprint density at radius 1 is 1.08 bits per heavy atom. The van der Waals surface area contributed by atoms with E-state index in [1.807, 2.05) is 30.5 Å². The summed E-state index contributed by atoms with van der Waals surface area (Å²) in [5, 5.41) is 46.3. The van der Waals surface area contributed by atoms with Crippen LogP contribution in [-0.2, 0) is 9.59 Å². The minimum absolute atomic E-state index is 0. The highest BCUT2D eigenvalue weighted by Crippen LogP contribution is 2.33. The van der Waals surface area contributed by atoms with Crippen molar-refractivity contribution in [2.75, 3.05) is 13.1 Å². The first-order valence-electron chi connectivity index (χ1n) is 10.5. The fraction of sp³-hybridized carbons (Fsp3) is 0.435. The van der Waals surface area contributed by atoms with Crippen LogP contribution in [0.2, 0.25) is 0 Å². The van der Waals surface area contributed by atoms with Gasteiger partial charge in [0, 0.05) is 30.3 Å². The molecule has 3 aliphatic rings. The van der Waals surface area contributed by atoms with Gasteiger partial charge in [-0.05, 0) is 23.6 Å². The van der Waals surface area contributed by atoms with Gasteiger partial charge in [-0.1, -0.05) is 24.3 Å². The predicted octanol–water partition coefficient (Wildman–Crippen LogP) is -5.01. The zero-order valence-electron chi connectivity index (χ0n) is 19.5. The zero-order valence-corrected chi connectivity index (χ0v) is 19.5. The fourth-order valence-corrected chi connectivity index (χ4v) is 4.76. The van der Waals surface area contributed by atoms with E-state index in [1.165, 1.54) is 13.0 Å². The van der Waals surface area contributed by atoms with E-state index < -0.39 is 30.3 Å². The van der Waals surface area contributed by atoms with E-state index in [1.54, 1.807) is 4.90 Å². The number of carboxylic acids is 2. The number of quaternary nitrogens is 1. The van der Waals surface area contributed by atoms with Crippen molar-refractivity contribution in [3.05, 3.63) is 54.7 Å². The molecular formula is C23H36N2O11. The van der Waals surface area contributed by atoms with Crippen molar-refractivity contribution in [2.24, 2.45) is 11.8 Å². The molecule has 0 radical (unpaired) electrons. The van der Waals surface area contributed by atoms with Gasteiger partial charge in [-0.3, -0.25) is 4.98 Å². The first-order valence-corrected chi connectivity index (χ1v) is 10.5. The Bertz CT molecular complexity index is 966. The molecule has 0 amide bonds. The van der Waals surface area contributed by atoms with E-state index in [-0.39, 0.29) is 21.9 Å². The second-order valence-electron chi connectivity index (χ2n) is 8.31. The number of fused-ring (bicyclic) bond motifs is 4. The van der Waals surface area contributed by atoms with E-state index in [2.05, 4.69) is 23.7 Å². The molecule has 0 spiro atoms. The van der Waals surface area contributed by atoms with Crippen LogP contribution in [-0.4, -0.2) is 90.6 Å². The van der Waals surface area contributed by atoms with E-state index in [0.717, 1.165) is 29.4 Å². The van der Waals surface area contributed by atoms with Crippen molar-refractivity contribution in [3.8, 4) is 0 Å². The molecule has 0 aliphatic carbocycles. The maximum absolute atomic E-state index is 11.0. The van der Waals surface area contributed by atoms with Crippen LogP contribution in [0.25, 0.3) is 10.9 Å². The summed E-state index contributed by atoms with van der Waals surface area (Å²) >= 11 is 0. The van der Waals surface area contributed by atoms with Gasteiger partial charge in [-0.2, -0.15) is 0 Å². The van der Waals surface area contributed by atoms with E-state index >= 15 is 0 Å². The lowest BCUT2D eigenvalue weighted by Crippen LogP contribution is -3.20. The summed E-state index contributed by atoms with van der Waals surface area (Å²) in [6.07, 6.45) is 1.20. The topological polar surface area (TPSA) is 281 Å². The monoisotopic (exact) mass is 516 g/mol. The van der Waals surface area contributed by atoms with Crippen LogP contribution < -0.4 is 10.0 Å².